The molecular formula is C13H22N4O. The fourth-order valence-electron chi connectivity index (χ4n) is 3.64. The Labute approximate surface area is 108 Å². The predicted octanol–water partition coefficient (Wildman–Crippen LogP) is 1.31. The quantitative estimate of drug-likeness (QED) is 0.790. The van der Waals surface area contributed by atoms with Gasteiger partial charge in [0.25, 0.3) is 0 Å². The molecule has 2 saturated heterocycles. The van der Waals surface area contributed by atoms with Crippen LogP contribution in [-0.2, 0) is 11.3 Å². The lowest BCUT2D eigenvalue weighted by molar-refractivity contribution is 0.0266. The van der Waals surface area contributed by atoms with Gasteiger partial charge in [0.05, 0.1) is 19.3 Å². The number of nitrogens with zero attached hydrogens (tertiary/aromatic N) is 4. The van der Waals surface area contributed by atoms with Crippen LogP contribution in [0.3, 0.4) is 0 Å². The fourth-order valence-corrected chi connectivity index (χ4v) is 3.64. The molecule has 0 spiro atoms. The van der Waals surface area contributed by atoms with E-state index in [2.05, 4.69) is 22.1 Å². The van der Waals surface area contributed by atoms with Gasteiger partial charge in [-0.25, -0.2) is 0 Å². The zero-order chi connectivity index (χ0) is 12.4. The van der Waals surface area contributed by atoms with Gasteiger partial charge >= 0.3 is 0 Å². The Morgan fingerprint density at radius 1 is 1.44 bits per heavy atom. The Kier molecular flexibility index (Phi) is 3.35. The summed E-state index contributed by atoms with van der Waals surface area (Å²) in [6, 6.07) is 0.606. The van der Waals surface area contributed by atoms with Crippen molar-refractivity contribution in [2.45, 2.75) is 50.7 Å². The van der Waals surface area contributed by atoms with E-state index < -0.39 is 0 Å². The van der Waals surface area contributed by atoms with E-state index >= 15 is 0 Å². The van der Waals surface area contributed by atoms with Crippen LogP contribution in [0.5, 0.6) is 0 Å². The summed E-state index contributed by atoms with van der Waals surface area (Å²) in [5.41, 5.74) is 0.321. The summed E-state index contributed by atoms with van der Waals surface area (Å²) < 4.78 is 7.69. The maximum atomic E-state index is 5.73. The van der Waals surface area contributed by atoms with Crippen LogP contribution < -0.4 is 0 Å². The zero-order valence-electron chi connectivity index (χ0n) is 11.1. The predicted molar refractivity (Wildman–Crippen MR) is 68.2 cm³/mol. The molecule has 2 atom stereocenters. The average Bonchev–Trinajstić information content (AvgIpc) is 3.06. The number of aromatic nitrogens is 3. The van der Waals surface area contributed by atoms with Crippen molar-refractivity contribution < 1.29 is 4.74 Å². The molecule has 2 fully saturated rings. The second-order valence-corrected chi connectivity index (χ2v) is 5.48. The molecular weight excluding hydrogens is 228 g/mol. The Balaban J connectivity index is 1.68. The number of rotatable bonds is 5. The lowest BCUT2D eigenvalue weighted by Gasteiger charge is -2.34. The molecule has 3 rings (SSSR count). The van der Waals surface area contributed by atoms with Crippen LogP contribution in [0.15, 0.2) is 12.4 Å². The highest BCUT2D eigenvalue weighted by molar-refractivity contribution is 5.04. The minimum atomic E-state index is 0.321. The molecule has 0 saturated carbocycles. The van der Waals surface area contributed by atoms with Gasteiger partial charge < -0.3 is 4.74 Å². The first kappa shape index (κ1) is 12.1. The summed E-state index contributed by atoms with van der Waals surface area (Å²) in [6.45, 7) is 5.98. The standard InChI is InChI=1S/C13H22N4O/c1-2-18-11-13-5-3-8-17(13)12(4-6-13)10-16-9-7-14-15-16/h7,9,12H,2-6,8,10-11H2,1H3. The second-order valence-electron chi connectivity index (χ2n) is 5.48. The van der Waals surface area contributed by atoms with Crippen molar-refractivity contribution in [1.82, 2.24) is 19.9 Å². The van der Waals surface area contributed by atoms with Gasteiger partial charge in [-0.2, -0.15) is 0 Å². The van der Waals surface area contributed by atoms with Crippen molar-refractivity contribution in [2.24, 2.45) is 0 Å². The van der Waals surface area contributed by atoms with E-state index in [9.17, 15) is 0 Å². The van der Waals surface area contributed by atoms with Crippen molar-refractivity contribution in [3.63, 3.8) is 0 Å². The van der Waals surface area contributed by atoms with Crippen LogP contribution in [0.4, 0.5) is 0 Å². The van der Waals surface area contributed by atoms with E-state index in [1.54, 1.807) is 6.20 Å². The lowest BCUT2D eigenvalue weighted by atomic mass is 9.95. The molecule has 1 aromatic heterocycles. The monoisotopic (exact) mass is 250 g/mol. The van der Waals surface area contributed by atoms with Gasteiger partial charge in [0.2, 0.25) is 0 Å². The molecule has 3 heterocycles. The molecule has 0 amide bonds. The van der Waals surface area contributed by atoms with E-state index in [0.29, 0.717) is 11.6 Å². The van der Waals surface area contributed by atoms with Crippen LogP contribution in [0.2, 0.25) is 0 Å². The first-order valence-corrected chi connectivity index (χ1v) is 7.03. The molecule has 100 valence electrons. The first-order valence-electron chi connectivity index (χ1n) is 7.03. The Morgan fingerprint density at radius 3 is 3.17 bits per heavy atom. The molecule has 1 aromatic rings. The molecule has 5 nitrogen and oxygen atoms in total. The van der Waals surface area contributed by atoms with E-state index in [1.807, 2.05) is 10.9 Å². The summed E-state index contributed by atoms with van der Waals surface area (Å²) in [5, 5.41) is 7.97. The molecule has 2 aliphatic heterocycles. The lowest BCUT2D eigenvalue weighted by Crippen LogP contribution is -2.46. The van der Waals surface area contributed by atoms with Crippen LogP contribution in [0.1, 0.15) is 32.6 Å². The van der Waals surface area contributed by atoms with Crippen LogP contribution in [-0.4, -0.2) is 51.2 Å². The van der Waals surface area contributed by atoms with Crippen LogP contribution in [0.25, 0.3) is 0 Å². The van der Waals surface area contributed by atoms with Crippen LogP contribution in [0, 0.1) is 0 Å². The molecule has 0 aromatic carbocycles. The van der Waals surface area contributed by atoms with Crippen molar-refractivity contribution >= 4 is 0 Å². The number of hydrogen-bond donors (Lipinski definition) is 0. The van der Waals surface area contributed by atoms with Crippen molar-refractivity contribution in [1.29, 1.82) is 0 Å². The normalized spacial score (nSPS) is 31.9. The minimum Gasteiger partial charge on any atom is -0.380 e. The third-order valence-electron chi connectivity index (χ3n) is 4.48. The van der Waals surface area contributed by atoms with Gasteiger partial charge in [-0.1, -0.05) is 5.21 Å². The maximum Gasteiger partial charge on any atom is 0.0692 e. The molecule has 0 aliphatic carbocycles. The molecule has 0 bridgehead atoms. The van der Waals surface area contributed by atoms with Gasteiger partial charge in [-0.15, -0.1) is 5.10 Å². The SMILES string of the molecule is CCOCC12CCCN1C(Cn1ccnn1)CC2. The molecule has 0 radical (unpaired) electrons. The van der Waals surface area contributed by atoms with Gasteiger partial charge in [-0.05, 0) is 39.2 Å². The van der Waals surface area contributed by atoms with E-state index in [4.69, 9.17) is 4.74 Å². The van der Waals surface area contributed by atoms with E-state index in [1.165, 1.54) is 32.2 Å². The topological polar surface area (TPSA) is 43.2 Å². The number of hydrogen-bond acceptors (Lipinski definition) is 4. The first-order chi connectivity index (χ1) is 8.84. The summed E-state index contributed by atoms with van der Waals surface area (Å²) in [4.78, 5) is 2.67. The zero-order valence-corrected chi connectivity index (χ0v) is 11.1. The Bertz CT molecular complexity index is 380. The molecule has 2 unspecified atom stereocenters. The van der Waals surface area contributed by atoms with Crippen LogP contribution >= 0.6 is 0 Å². The highest BCUT2D eigenvalue weighted by Gasteiger charge is 2.49. The Hall–Kier alpha value is -0.940. The number of fused-ring (bicyclic) bond motifs is 1. The highest BCUT2D eigenvalue weighted by atomic mass is 16.5. The fraction of sp³-hybridized carbons (Fsp3) is 0.846. The highest BCUT2D eigenvalue weighted by Crippen LogP contribution is 2.42. The average molecular weight is 250 g/mol. The van der Waals surface area contributed by atoms with Gasteiger partial charge in [0, 0.05) is 24.4 Å². The third-order valence-corrected chi connectivity index (χ3v) is 4.48. The summed E-state index contributed by atoms with van der Waals surface area (Å²) in [7, 11) is 0. The van der Waals surface area contributed by atoms with Gasteiger partial charge in [0.1, 0.15) is 0 Å². The number of ether oxygens (including phenoxy) is 1. The summed E-state index contributed by atoms with van der Waals surface area (Å²) in [6.07, 6.45) is 8.84. The second kappa shape index (κ2) is 4.97. The molecule has 5 heteroatoms. The smallest absolute Gasteiger partial charge is 0.0692 e. The summed E-state index contributed by atoms with van der Waals surface area (Å²) in [5.74, 6) is 0. The molecule has 18 heavy (non-hydrogen) atoms. The van der Waals surface area contributed by atoms with Crippen molar-refractivity contribution in [3.8, 4) is 0 Å². The third kappa shape index (κ3) is 2.06. The largest absolute Gasteiger partial charge is 0.380 e. The van der Waals surface area contributed by atoms with E-state index in [-0.39, 0.29) is 0 Å². The van der Waals surface area contributed by atoms with Crippen molar-refractivity contribution in [2.75, 3.05) is 19.8 Å². The van der Waals surface area contributed by atoms with Gasteiger partial charge in [-0.3, -0.25) is 9.58 Å². The van der Waals surface area contributed by atoms with Crippen molar-refractivity contribution in [3.05, 3.63) is 12.4 Å². The minimum absolute atomic E-state index is 0.321. The molecule has 0 N–H and O–H groups in total. The molecule has 2 aliphatic rings. The van der Waals surface area contributed by atoms with E-state index in [0.717, 1.165) is 19.8 Å². The Morgan fingerprint density at radius 2 is 2.39 bits per heavy atom. The summed E-state index contributed by atoms with van der Waals surface area (Å²) >= 11 is 0. The maximum absolute atomic E-state index is 5.73. The van der Waals surface area contributed by atoms with Gasteiger partial charge in [0.15, 0.2) is 0 Å².